The Hall–Kier alpha value is -2.46. The van der Waals surface area contributed by atoms with E-state index in [2.05, 4.69) is 57.7 Å². The van der Waals surface area contributed by atoms with Crippen LogP contribution in [0.3, 0.4) is 0 Å². The summed E-state index contributed by atoms with van der Waals surface area (Å²) in [7, 11) is 0. The Kier molecular flexibility index (Phi) is 3.45. The molecule has 1 fully saturated rings. The quantitative estimate of drug-likeness (QED) is 0.788. The van der Waals surface area contributed by atoms with E-state index in [1.54, 1.807) is 0 Å². The van der Waals surface area contributed by atoms with Crippen LogP contribution in [-0.2, 0) is 0 Å². The normalized spacial score (nSPS) is 15.2. The van der Waals surface area contributed by atoms with Gasteiger partial charge in [0.05, 0.1) is 11.2 Å². The minimum atomic E-state index is 1.01. The monoisotopic (exact) mass is 290 g/mol. The van der Waals surface area contributed by atoms with Gasteiger partial charge in [0.15, 0.2) is 0 Å². The molecule has 0 radical (unpaired) electrons. The molecule has 0 unspecified atom stereocenters. The van der Waals surface area contributed by atoms with Crippen LogP contribution in [0.5, 0.6) is 0 Å². The van der Waals surface area contributed by atoms with Gasteiger partial charge >= 0.3 is 0 Å². The highest BCUT2D eigenvalue weighted by Crippen LogP contribution is 2.24. The van der Waals surface area contributed by atoms with Crippen LogP contribution in [0, 0.1) is 0 Å². The van der Waals surface area contributed by atoms with E-state index in [4.69, 9.17) is 4.98 Å². The summed E-state index contributed by atoms with van der Waals surface area (Å²) >= 11 is 0. The molecule has 0 bridgehead atoms. The second-order valence-corrected chi connectivity index (χ2v) is 5.53. The van der Waals surface area contributed by atoms with Gasteiger partial charge in [-0.2, -0.15) is 0 Å². The van der Waals surface area contributed by atoms with E-state index in [-0.39, 0.29) is 0 Å². The minimum Gasteiger partial charge on any atom is -0.354 e. The van der Waals surface area contributed by atoms with Crippen molar-refractivity contribution in [1.82, 2.24) is 15.3 Å². The highest BCUT2D eigenvalue weighted by molar-refractivity contribution is 5.83. The topological polar surface area (TPSA) is 41.1 Å². The number of hydrogen-bond donors (Lipinski definition) is 1. The Morgan fingerprint density at radius 1 is 0.955 bits per heavy atom. The highest BCUT2D eigenvalue weighted by atomic mass is 15.2. The fourth-order valence-electron chi connectivity index (χ4n) is 2.89. The summed E-state index contributed by atoms with van der Waals surface area (Å²) in [5, 5.41) is 4.52. The number of rotatable bonds is 2. The Balaban J connectivity index is 1.71. The van der Waals surface area contributed by atoms with Crippen LogP contribution < -0.4 is 10.2 Å². The van der Waals surface area contributed by atoms with Crippen LogP contribution in [0.15, 0.2) is 54.7 Å². The van der Waals surface area contributed by atoms with E-state index in [1.807, 2.05) is 12.3 Å². The van der Waals surface area contributed by atoms with Gasteiger partial charge in [-0.15, -0.1) is 0 Å². The summed E-state index contributed by atoms with van der Waals surface area (Å²) in [6, 6.07) is 16.6. The molecule has 4 rings (SSSR count). The SMILES string of the molecule is c1cc(-c2ccc3ncccc3c2)nc(N2CCNCC2)c1. The van der Waals surface area contributed by atoms with Gasteiger partial charge in [-0.3, -0.25) is 4.98 Å². The number of nitrogens with one attached hydrogen (secondary N) is 1. The van der Waals surface area contributed by atoms with Gasteiger partial charge in [-0.1, -0.05) is 18.2 Å². The van der Waals surface area contributed by atoms with Crippen LogP contribution >= 0.6 is 0 Å². The number of anilines is 1. The van der Waals surface area contributed by atoms with Crippen LogP contribution in [0.1, 0.15) is 0 Å². The molecule has 0 aliphatic carbocycles. The third kappa shape index (κ3) is 2.53. The molecule has 1 N–H and O–H groups in total. The van der Waals surface area contributed by atoms with Crippen molar-refractivity contribution in [1.29, 1.82) is 0 Å². The smallest absolute Gasteiger partial charge is 0.129 e. The lowest BCUT2D eigenvalue weighted by Crippen LogP contribution is -2.43. The van der Waals surface area contributed by atoms with Crippen LogP contribution in [-0.4, -0.2) is 36.1 Å². The van der Waals surface area contributed by atoms with Crippen LogP contribution in [0.2, 0.25) is 0 Å². The van der Waals surface area contributed by atoms with Crippen molar-refractivity contribution in [2.24, 2.45) is 0 Å². The zero-order valence-corrected chi connectivity index (χ0v) is 12.4. The molecule has 0 amide bonds. The Labute approximate surface area is 129 Å². The molecule has 4 nitrogen and oxygen atoms in total. The second-order valence-electron chi connectivity index (χ2n) is 5.53. The highest BCUT2D eigenvalue weighted by Gasteiger charge is 2.12. The molecule has 1 saturated heterocycles. The molecule has 0 spiro atoms. The first-order chi connectivity index (χ1) is 10.9. The molecule has 3 heterocycles. The maximum absolute atomic E-state index is 4.85. The van der Waals surface area contributed by atoms with Gasteiger partial charge in [0.2, 0.25) is 0 Å². The number of nitrogens with zero attached hydrogens (tertiary/aromatic N) is 3. The number of piperazine rings is 1. The second kappa shape index (κ2) is 5.73. The van der Waals surface area contributed by atoms with Gasteiger partial charge in [0.25, 0.3) is 0 Å². The molecule has 0 saturated carbocycles. The lowest BCUT2D eigenvalue weighted by molar-refractivity contribution is 0.585. The van der Waals surface area contributed by atoms with Crippen molar-refractivity contribution in [3.05, 3.63) is 54.7 Å². The number of pyridine rings is 2. The summed E-state index contributed by atoms with van der Waals surface area (Å²) in [5.41, 5.74) is 3.17. The van der Waals surface area contributed by atoms with E-state index < -0.39 is 0 Å². The Morgan fingerprint density at radius 2 is 1.86 bits per heavy atom. The lowest BCUT2D eigenvalue weighted by atomic mass is 10.1. The van der Waals surface area contributed by atoms with Crippen molar-refractivity contribution >= 4 is 16.7 Å². The first-order valence-electron chi connectivity index (χ1n) is 7.68. The van der Waals surface area contributed by atoms with E-state index >= 15 is 0 Å². The van der Waals surface area contributed by atoms with Crippen LogP contribution in [0.4, 0.5) is 5.82 Å². The summed E-state index contributed by atoms with van der Waals surface area (Å²) in [5.74, 6) is 1.06. The molecule has 1 aliphatic heterocycles. The van der Waals surface area contributed by atoms with Gasteiger partial charge in [-0.25, -0.2) is 4.98 Å². The molecule has 1 aromatic carbocycles. The molecular formula is C18H18N4. The molecule has 22 heavy (non-hydrogen) atoms. The third-order valence-electron chi connectivity index (χ3n) is 4.07. The predicted molar refractivity (Wildman–Crippen MR) is 90.1 cm³/mol. The van der Waals surface area contributed by atoms with E-state index in [0.29, 0.717) is 0 Å². The summed E-state index contributed by atoms with van der Waals surface area (Å²) in [6.45, 7) is 4.07. The average Bonchev–Trinajstić information content (AvgIpc) is 2.62. The van der Waals surface area contributed by atoms with E-state index in [0.717, 1.165) is 54.2 Å². The summed E-state index contributed by atoms with van der Waals surface area (Å²) in [6.07, 6.45) is 1.82. The third-order valence-corrected chi connectivity index (χ3v) is 4.07. The van der Waals surface area contributed by atoms with Crippen molar-refractivity contribution in [3.63, 3.8) is 0 Å². The van der Waals surface area contributed by atoms with Gasteiger partial charge in [-0.05, 0) is 30.3 Å². The Morgan fingerprint density at radius 3 is 2.77 bits per heavy atom. The largest absolute Gasteiger partial charge is 0.354 e. The molecule has 1 aliphatic rings. The van der Waals surface area contributed by atoms with Crippen molar-refractivity contribution in [3.8, 4) is 11.3 Å². The lowest BCUT2D eigenvalue weighted by Gasteiger charge is -2.28. The van der Waals surface area contributed by atoms with Gasteiger partial charge in [0.1, 0.15) is 5.82 Å². The van der Waals surface area contributed by atoms with E-state index in [1.165, 1.54) is 0 Å². The maximum atomic E-state index is 4.85. The first kappa shape index (κ1) is 13.2. The minimum absolute atomic E-state index is 1.01. The summed E-state index contributed by atoms with van der Waals surface area (Å²) in [4.78, 5) is 11.6. The van der Waals surface area contributed by atoms with Gasteiger partial charge in [0, 0.05) is 43.3 Å². The maximum Gasteiger partial charge on any atom is 0.129 e. The molecular weight excluding hydrogens is 272 g/mol. The summed E-state index contributed by atoms with van der Waals surface area (Å²) < 4.78 is 0. The average molecular weight is 290 g/mol. The molecule has 2 aromatic heterocycles. The Bertz CT molecular complexity index is 794. The number of fused-ring (bicyclic) bond motifs is 1. The van der Waals surface area contributed by atoms with Crippen molar-refractivity contribution in [2.75, 3.05) is 31.1 Å². The number of benzene rings is 1. The van der Waals surface area contributed by atoms with Gasteiger partial charge < -0.3 is 10.2 Å². The molecule has 110 valence electrons. The molecule has 4 heteroatoms. The zero-order chi connectivity index (χ0) is 14.8. The fraction of sp³-hybridized carbons (Fsp3) is 0.222. The van der Waals surface area contributed by atoms with Crippen LogP contribution in [0.25, 0.3) is 22.2 Å². The van der Waals surface area contributed by atoms with Crippen molar-refractivity contribution in [2.45, 2.75) is 0 Å². The zero-order valence-electron chi connectivity index (χ0n) is 12.4. The molecule has 0 atom stereocenters. The van der Waals surface area contributed by atoms with Crippen molar-refractivity contribution < 1.29 is 0 Å². The predicted octanol–water partition coefficient (Wildman–Crippen LogP) is 2.71. The number of hydrogen-bond acceptors (Lipinski definition) is 4. The van der Waals surface area contributed by atoms with E-state index in [9.17, 15) is 0 Å². The first-order valence-corrected chi connectivity index (χ1v) is 7.68. The fourth-order valence-corrected chi connectivity index (χ4v) is 2.89. The standard InChI is InChI=1S/C18H18N4/c1-4-17(21-18(5-1)22-11-9-19-10-12-22)15-6-7-16-14(13-15)3-2-8-20-16/h1-8,13,19H,9-12H2. The molecule has 3 aromatic rings. The number of aromatic nitrogens is 2.